The Morgan fingerprint density at radius 2 is 1.67 bits per heavy atom. The number of phenolic OH excluding ortho intramolecular Hbond substituents is 1. The lowest BCUT2D eigenvalue weighted by molar-refractivity contribution is 0.0893. The zero-order valence-electron chi connectivity index (χ0n) is 9.88. The molecule has 1 atom stereocenters. The molecule has 0 aliphatic heterocycles. The molecule has 1 unspecified atom stereocenters. The summed E-state index contributed by atoms with van der Waals surface area (Å²) in [5.41, 5.74) is 2.10. The van der Waals surface area contributed by atoms with Crippen LogP contribution in [0, 0.1) is 0 Å². The summed E-state index contributed by atoms with van der Waals surface area (Å²) >= 11 is 0. The van der Waals surface area contributed by atoms with E-state index in [1.165, 1.54) is 0 Å². The molecule has 18 heavy (non-hydrogen) atoms. The molecule has 2 aromatic carbocycles. The van der Waals surface area contributed by atoms with Gasteiger partial charge in [0, 0.05) is 6.42 Å². The number of hydrogen-bond acceptors (Lipinski definition) is 2. The molecule has 0 bridgehead atoms. The first-order chi connectivity index (χ1) is 8.67. The van der Waals surface area contributed by atoms with E-state index in [4.69, 9.17) is 0 Å². The fourth-order valence-electron chi connectivity index (χ4n) is 2.38. The van der Waals surface area contributed by atoms with Crippen molar-refractivity contribution in [1.82, 2.24) is 0 Å². The normalized spacial score (nSPS) is 21.6. The van der Waals surface area contributed by atoms with Crippen molar-refractivity contribution >= 4 is 6.08 Å². The van der Waals surface area contributed by atoms with E-state index in [9.17, 15) is 10.2 Å². The Labute approximate surface area is 106 Å². The van der Waals surface area contributed by atoms with Gasteiger partial charge in [0.1, 0.15) is 11.4 Å². The van der Waals surface area contributed by atoms with Crippen LogP contribution in [0.4, 0.5) is 0 Å². The fraction of sp³-hybridized carbons (Fsp3) is 0.125. The number of fused-ring (bicyclic) bond motifs is 1. The van der Waals surface area contributed by atoms with Crippen molar-refractivity contribution < 1.29 is 10.2 Å². The van der Waals surface area contributed by atoms with Gasteiger partial charge in [-0.2, -0.15) is 0 Å². The third-order valence-electron chi connectivity index (χ3n) is 3.42. The van der Waals surface area contributed by atoms with Crippen LogP contribution in [0.1, 0.15) is 16.7 Å². The van der Waals surface area contributed by atoms with E-state index in [1.807, 2.05) is 36.4 Å². The highest BCUT2D eigenvalue weighted by Crippen LogP contribution is 2.34. The van der Waals surface area contributed by atoms with Crippen LogP contribution < -0.4 is 0 Å². The van der Waals surface area contributed by atoms with Crippen molar-refractivity contribution in [1.29, 1.82) is 0 Å². The van der Waals surface area contributed by atoms with Crippen LogP contribution in [0.5, 0.6) is 5.75 Å². The molecule has 2 heteroatoms. The number of rotatable bonds is 1. The Balaban J connectivity index is 2.02. The average Bonchev–Trinajstić information content (AvgIpc) is 2.39. The predicted octanol–water partition coefficient (Wildman–Crippen LogP) is 2.85. The predicted molar refractivity (Wildman–Crippen MR) is 71.2 cm³/mol. The third kappa shape index (κ3) is 1.81. The van der Waals surface area contributed by atoms with E-state index in [1.54, 1.807) is 24.3 Å². The second-order valence-corrected chi connectivity index (χ2v) is 4.68. The lowest BCUT2D eigenvalue weighted by Crippen LogP contribution is -2.28. The number of aromatic hydroxyl groups is 1. The maximum absolute atomic E-state index is 10.7. The Hall–Kier alpha value is -2.06. The first-order valence-corrected chi connectivity index (χ1v) is 5.96. The van der Waals surface area contributed by atoms with Crippen LogP contribution >= 0.6 is 0 Å². The van der Waals surface area contributed by atoms with E-state index in [0.29, 0.717) is 6.42 Å². The summed E-state index contributed by atoms with van der Waals surface area (Å²) in [6.45, 7) is 0. The van der Waals surface area contributed by atoms with E-state index in [2.05, 4.69) is 0 Å². The van der Waals surface area contributed by atoms with Crippen LogP contribution in [0.3, 0.4) is 0 Å². The van der Waals surface area contributed by atoms with Gasteiger partial charge < -0.3 is 10.2 Å². The summed E-state index contributed by atoms with van der Waals surface area (Å²) in [7, 11) is 0. The van der Waals surface area contributed by atoms with Crippen molar-refractivity contribution in [2.45, 2.75) is 12.0 Å². The molecular formula is C16H14O2. The molecule has 2 aromatic rings. The van der Waals surface area contributed by atoms with Crippen molar-refractivity contribution in [3.8, 4) is 5.75 Å². The number of aliphatic hydroxyl groups is 1. The molecule has 90 valence electrons. The minimum absolute atomic E-state index is 0.211. The molecule has 2 N–H and O–H groups in total. The molecule has 0 radical (unpaired) electrons. The van der Waals surface area contributed by atoms with Crippen LogP contribution in [-0.2, 0) is 12.0 Å². The molecule has 0 saturated heterocycles. The van der Waals surface area contributed by atoms with Gasteiger partial charge in [0.05, 0.1) is 0 Å². The molecular weight excluding hydrogens is 224 g/mol. The van der Waals surface area contributed by atoms with Gasteiger partial charge in [-0.05, 0) is 34.9 Å². The number of benzene rings is 2. The Morgan fingerprint density at radius 1 is 0.944 bits per heavy atom. The molecule has 0 amide bonds. The fourth-order valence-corrected chi connectivity index (χ4v) is 2.38. The first kappa shape index (κ1) is 11.1. The zero-order valence-corrected chi connectivity index (χ0v) is 9.88. The lowest BCUT2D eigenvalue weighted by Gasteiger charge is -2.29. The van der Waals surface area contributed by atoms with Crippen molar-refractivity contribution in [3.63, 3.8) is 0 Å². The molecule has 0 heterocycles. The minimum atomic E-state index is -0.984. The summed E-state index contributed by atoms with van der Waals surface area (Å²) in [6, 6.07) is 14.8. The van der Waals surface area contributed by atoms with Crippen molar-refractivity contribution in [2.75, 3.05) is 0 Å². The van der Waals surface area contributed by atoms with Gasteiger partial charge in [0.25, 0.3) is 0 Å². The Morgan fingerprint density at radius 3 is 2.44 bits per heavy atom. The highest BCUT2D eigenvalue weighted by molar-refractivity contribution is 5.59. The van der Waals surface area contributed by atoms with Gasteiger partial charge in [0.15, 0.2) is 0 Å². The van der Waals surface area contributed by atoms with Gasteiger partial charge in [-0.1, -0.05) is 42.5 Å². The van der Waals surface area contributed by atoms with Crippen LogP contribution in [-0.4, -0.2) is 10.2 Å². The Kier molecular flexibility index (Phi) is 2.46. The summed E-state index contributed by atoms with van der Waals surface area (Å²) in [6.07, 6.45) is 4.33. The molecule has 1 aliphatic rings. The number of hydrogen-bond donors (Lipinski definition) is 2. The quantitative estimate of drug-likeness (QED) is 0.802. The van der Waals surface area contributed by atoms with Crippen LogP contribution in [0.25, 0.3) is 6.08 Å². The Bertz CT molecular complexity index is 599. The van der Waals surface area contributed by atoms with E-state index >= 15 is 0 Å². The van der Waals surface area contributed by atoms with Crippen molar-refractivity contribution in [3.05, 3.63) is 71.3 Å². The van der Waals surface area contributed by atoms with Gasteiger partial charge >= 0.3 is 0 Å². The van der Waals surface area contributed by atoms with Crippen LogP contribution in [0.15, 0.2) is 54.6 Å². The standard InChI is InChI=1S/C16H14O2/c17-15-7-5-14(6-8-15)16(18)10-9-12-3-1-2-4-13(12)11-16/h1-10,17-18H,11H2. The SMILES string of the molecule is Oc1ccc(C2(O)C=Cc3ccccc3C2)cc1. The van der Waals surface area contributed by atoms with E-state index in [0.717, 1.165) is 16.7 Å². The molecule has 0 fully saturated rings. The summed E-state index contributed by atoms with van der Waals surface area (Å²) in [5, 5.41) is 20.0. The smallest absolute Gasteiger partial charge is 0.115 e. The molecule has 0 saturated carbocycles. The second-order valence-electron chi connectivity index (χ2n) is 4.68. The second kappa shape index (κ2) is 4.00. The highest BCUT2D eigenvalue weighted by atomic mass is 16.3. The zero-order chi connectivity index (χ0) is 12.6. The van der Waals surface area contributed by atoms with Crippen LogP contribution in [0.2, 0.25) is 0 Å². The van der Waals surface area contributed by atoms with Gasteiger partial charge in [-0.25, -0.2) is 0 Å². The first-order valence-electron chi connectivity index (χ1n) is 5.96. The summed E-state index contributed by atoms with van der Waals surface area (Å²) in [5.74, 6) is 0.211. The summed E-state index contributed by atoms with van der Waals surface area (Å²) in [4.78, 5) is 0. The molecule has 3 rings (SSSR count). The topological polar surface area (TPSA) is 40.5 Å². The highest BCUT2D eigenvalue weighted by Gasteiger charge is 2.29. The average molecular weight is 238 g/mol. The van der Waals surface area contributed by atoms with Gasteiger partial charge in [-0.3, -0.25) is 0 Å². The summed E-state index contributed by atoms with van der Waals surface area (Å²) < 4.78 is 0. The molecule has 1 aliphatic carbocycles. The lowest BCUT2D eigenvalue weighted by atomic mass is 9.81. The maximum Gasteiger partial charge on any atom is 0.115 e. The largest absolute Gasteiger partial charge is 0.508 e. The molecule has 0 spiro atoms. The minimum Gasteiger partial charge on any atom is -0.508 e. The van der Waals surface area contributed by atoms with Gasteiger partial charge in [-0.15, -0.1) is 0 Å². The van der Waals surface area contributed by atoms with E-state index in [-0.39, 0.29) is 5.75 Å². The molecule has 0 aromatic heterocycles. The number of phenols is 1. The molecule has 2 nitrogen and oxygen atoms in total. The van der Waals surface area contributed by atoms with Gasteiger partial charge in [0.2, 0.25) is 0 Å². The van der Waals surface area contributed by atoms with E-state index < -0.39 is 5.60 Å². The van der Waals surface area contributed by atoms with Crippen molar-refractivity contribution in [2.24, 2.45) is 0 Å². The monoisotopic (exact) mass is 238 g/mol. The maximum atomic E-state index is 10.7. The third-order valence-corrected chi connectivity index (χ3v) is 3.42.